The van der Waals surface area contributed by atoms with Crippen molar-refractivity contribution in [2.45, 2.75) is 18.8 Å². The number of hydrogen-bond donors (Lipinski definition) is 0. The van der Waals surface area contributed by atoms with Crippen LogP contribution in [0.2, 0.25) is 0 Å². The third kappa shape index (κ3) is 3.36. The summed E-state index contributed by atoms with van der Waals surface area (Å²) in [6.07, 6.45) is 3.61. The summed E-state index contributed by atoms with van der Waals surface area (Å²) in [5.74, 6) is 2.50. The number of methoxy groups -OCH3 is 1. The molecule has 0 N–H and O–H groups in total. The van der Waals surface area contributed by atoms with Crippen LogP contribution in [0.15, 0.2) is 47.1 Å². The molecular formula is C20H24N2O3. The number of amides is 1. The predicted octanol–water partition coefficient (Wildman–Crippen LogP) is 3.13. The molecule has 2 atom stereocenters. The number of nitrogens with zero attached hydrogens (tertiary/aromatic N) is 2. The third-order valence-electron chi connectivity index (χ3n) is 5.26. The Morgan fingerprint density at radius 3 is 2.68 bits per heavy atom. The van der Waals surface area contributed by atoms with Crippen molar-refractivity contribution in [3.8, 4) is 5.75 Å². The summed E-state index contributed by atoms with van der Waals surface area (Å²) in [6, 6.07) is 12.0. The van der Waals surface area contributed by atoms with E-state index in [-0.39, 0.29) is 17.7 Å². The first-order valence-corrected chi connectivity index (χ1v) is 8.97. The van der Waals surface area contributed by atoms with Crippen LogP contribution in [0, 0.1) is 5.92 Å². The van der Waals surface area contributed by atoms with Crippen LogP contribution in [0.25, 0.3) is 0 Å². The number of carbonyl (C=O) groups is 1. The van der Waals surface area contributed by atoms with Gasteiger partial charge in [-0.3, -0.25) is 4.79 Å². The summed E-state index contributed by atoms with van der Waals surface area (Å²) in [6.45, 7) is 3.47. The highest BCUT2D eigenvalue weighted by Gasteiger charge is 2.47. The molecule has 4 rings (SSSR count). The van der Waals surface area contributed by atoms with Crippen LogP contribution in [0.4, 0.5) is 5.69 Å². The molecule has 1 aliphatic carbocycles. The van der Waals surface area contributed by atoms with Crippen LogP contribution in [-0.4, -0.2) is 44.1 Å². The summed E-state index contributed by atoms with van der Waals surface area (Å²) in [5.41, 5.74) is 1.19. The van der Waals surface area contributed by atoms with Gasteiger partial charge in [0.25, 0.3) is 0 Å². The van der Waals surface area contributed by atoms with Gasteiger partial charge in [0, 0.05) is 43.7 Å². The highest BCUT2D eigenvalue weighted by atomic mass is 16.5. The lowest BCUT2D eigenvalue weighted by Gasteiger charge is -2.24. The molecule has 1 aromatic heterocycles. The molecule has 0 bridgehead atoms. The standard InChI is InChI=1S/C20H24N2O3/c1-24-16-7-5-15(6-8-16)21-9-3-10-22(12-11-21)20(23)18-14-17(18)19-4-2-13-25-19/h2,4-8,13,17-18H,3,9-12,14H2,1H3/t17-,18+/m1/s1. The number of furan rings is 1. The largest absolute Gasteiger partial charge is 0.497 e. The van der Waals surface area contributed by atoms with E-state index >= 15 is 0 Å². The molecule has 0 unspecified atom stereocenters. The monoisotopic (exact) mass is 340 g/mol. The molecule has 1 amide bonds. The number of ether oxygens (including phenoxy) is 1. The van der Waals surface area contributed by atoms with E-state index in [1.165, 1.54) is 5.69 Å². The number of benzene rings is 1. The van der Waals surface area contributed by atoms with Gasteiger partial charge in [-0.05, 0) is 49.2 Å². The number of rotatable bonds is 4. The molecule has 25 heavy (non-hydrogen) atoms. The van der Waals surface area contributed by atoms with E-state index in [1.54, 1.807) is 13.4 Å². The van der Waals surface area contributed by atoms with Crippen LogP contribution in [0.5, 0.6) is 5.75 Å². The molecule has 1 aliphatic heterocycles. The maximum absolute atomic E-state index is 12.8. The fourth-order valence-electron chi connectivity index (χ4n) is 3.71. The molecule has 1 saturated carbocycles. The van der Waals surface area contributed by atoms with Crippen molar-refractivity contribution in [1.82, 2.24) is 4.90 Å². The molecule has 5 heteroatoms. The van der Waals surface area contributed by atoms with Crippen molar-refractivity contribution in [1.29, 1.82) is 0 Å². The Morgan fingerprint density at radius 1 is 1.12 bits per heavy atom. The van der Waals surface area contributed by atoms with Crippen molar-refractivity contribution in [2.24, 2.45) is 5.92 Å². The molecular weight excluding hydrogens is 316 g/mol. The van der Waals surface area contributed by atoms with Crippen molar-refractivity contribution < 1.29 is 13.9 Å². The van der Waals surface area contributed by atoms with Gasteiger partial charge in [-0.25, -0.2) is 0 Å². The summed E-state index contributed by atoms with van der Waals surface area (Å²) >= 11 is 0. The van der Waals surface area contributed by atoms with Gasteiger partial charge >= 0.3 is 0 Å². The minimum Gasteiger partial charge on any atom is -0.497 e. The number of anilines is 1. The summed E-state index contributed by atoms with van der Waals surface area (Å²) in [7, 11) is 1.68. The second kappa shape index (κ2) is 6.82. The Balaban J connectivity index is 1.35. The van der Waals surface area contributed by atoms with Gasteiger partial charge in [0.05, 0.1) is 13.4 Å². The maximum atomic E-state index is 12.8. The van der Waals surface area contributed by atoms with E-state index < -0.39 is 0 Å². The van der Waals surface area contributed by atoms with Crippen LogP contribution < -0.4 is 9.64 Å². The maximum Gasteiger partial charge on any atom is 0.226 e. The number of carbonyl (C=O) groups excluding carboxylic acids is 1. The lowest BCUT2D eigenvalue weighted by Crippen LogP contribution is -2.36. The first-order chi connectivity index (χ1) is 12.3. The smallest absolute Gasteiger partial charge is 0.226 e. The summed E-state index contributed by atoms with van der Waals surface area (Å²) in [4.78, 5) is 17.2. The molecule has 2 aromatic rings. The van der Waals surface area contributed by atoms with Gasteiger partial charge < -0.3 is 19.0 Å². The zero-order valence-electron chi connectivity index (χ0n) is 14.6. The van der Waals surface area contributed by atoms with E-state index in [1.807, 2.05) is 29.2 Å². The Labute approximate surface area is 148 Å². The lowest BCUT2D eigenvalue weighted by molar-refractivity contribution is -0.132. The average molecular weight is 340 g/mol. The molecule has 2 aliphatic rings. The fourth-order valence-corrected chi connectivity index (χ4v) is 3.71. The first kappa shape index (κ1) is 16.1. The summed E-state index contributed by atoms with van der Waals surface area (Å²) < 4.78 is 10.7. The molecule has 0 radical (unpaired) electrons. The van der Waals surface area contributed by atoms with Gasteiger partial charge in [-0.2, -0.15) is 0 Å². The zero-order valence-corrected chi connectivity index (χ0v) is 14.6. The minimum atomic E-state index is 0.110. The third-order valence-corrected chi connectivity index (χ3v) is 5.26. The first-order valence-electron chi connectivity index (χ1n) is 8.97. The quantitative estimate of drug-likeness (QED) is 0.858. The predicted molar refractivity (Wildman–Crippen MR) is 96.0 cm³/mol. The van der Waals surface area contributed by atoms with Crippen molar-refractivity contribution in [3.05, 3.63) is 48.4 Å². The van der Waals surface area contributed by atoms with Gasteiger partial charge in [-0.1, -0.05) is 0 Å². The van der Waals surface area contributed by atoms with Crippen molar-refractivity contribution >= 4 is 11.6 Å². The SMILES string of the molecule is COc1ccc(N2CCCN(C(=O)[C@H]3C[C@H]3c3ccco3)CC2)cc1. The Kier molecular flexibility index (Phi) is 4.38. The molecule has 132 valence electrons. The van der Waals surface area contributed by atoms with Crippen LogP contribution >= 0.6 is 0 Å². The average Bonchev–Trinajstić information content (AvgIpc) is 3.35. The lowest BCUT2D eigenvalue weighted by atomic mass is 10.2. The van der Waals surface area contributed by atoms with Gasteiger partial charge in [-0.15, -0.1) is 0 Å². The fraction of sp³-hybridized carbons (Fsp3) is 0.450. The normalized spacial score (nSPS) is 23.2. The molecule has 1 saturated heterocycles. The van der Waals surface area contributed by atoms with E-state index in [0.717, 1.165) is 50.5 Å². The second-order valence-corrected chi connectivity index (χ2v) is 6.83. The highest BCUT2D eigenvalue weighted by Crippen LogP contribution is 2.48. The molecule has 1 aromatic carbocycles. The van der Waals surface area contributed by atoms with Gasteiger partial charge in [0.1, 0.15) is 11.5 Å². The highest BCUT2D eigenvalue weighted by molar-refractivity contribution is 5.83. The van der Waals surface area contributed by atoms with E-state index in [0.29, 0.717) is 0 Å². The van der Waals surface area contributed by atoms with Crippen molar-refractivity contribution in [3.63, 3.8) is 0 Å². The van der Waals surface area contributed by atoms with Crippen LogP contribution in [0.3, 0.4) is 0 Å². The molecule has 2 fully saturated rings. The van der Waals surface area contributed by atoms with E-state index in [4.69, 9.17) is 9.15 Å². The van der Waals surface area contributed by atoms with E-state index in [9.17, 15) is 4.79 Å². The molecule has 0 spiro atoms. The van der Waals surface area contributed by atoms with Crippen molar-refractivity contribution in [2.75, 3.05) is 38.2 Å². The van der Waals surface area contributed by atoms with Crippen LogP contribution in [-0.2, 0) is 4.79 Å². The Morgan fingerprint density at radius 2 is 1.96 bits per heavy atom. The molecule has 2 heterocycles. The Bertz CT molecular complexity index is 711. The Hall–Kier alpha value is -2.43. The van der Waals surface area contributed by atoms with Crippen LogP contribution in [0.1, 0.15) is 24.5 Å². The molecule has 5 nitrogen and oxygen atoms in total. The summed E-state index contributed by atoms with van der Waals surface area (Å²) in [5, 5.41) is 0. The van der Waals surface area contributed by atoms with E-state index in [2.05, 4.69) is 17.0 Å². The minimum absolute atomic E-state index is 0.110. The van der Waals surface area contributed by atoms with Gasteiger partial charge in [0.15, 0.2) is 0 Å². The number of hydrogen-bond acceptors (Lipinski definition) is 4. The topological polar surface area (TPSA) is 45.9 Å². The van der Waals surface area contributed by atoms with Gasteiger partial charge in [0.2, 0.25) is 5.91 Å². The zero-order chi connectivity index (χ0) is 17.2. The second-order valence-electron chi connectivity index (χ2n) is 6.83.